The number of carbonyl (C=O) groups is 1. The van der Waals surface area contributed by atoms with Crippen molar-refractivity contribution in [2.75, 3.05) is 0 Å². The number of rotatable bonds is 2. The molecule has 1 aliphatic carbocycles. The molecule has 2 aromatic rings. The number of hydrogen-bond acceptors (Lipinski definition) is 4. The number of carbonyl (C=O) groups excluding carboxylic acids is 1. The van der Waals surface area contributed by atoms with E-state index in [9.17, 15) is 18.0 Å². The zero-order valence-electron chi connectivity index (χ0n) is 13.0. The van der Waals surface area contributed by atoms with E-state index in [0.717, 1.165) is 35.7 Å². The summed E-state index contributed by atoms with van der Waals surface area (Å²) >= 11 is 0. The van der Waals surface area contributed by atoms with E-state index in [1.165, 1.54) is 0 Å². The Labute approximate surface area is 141 Å². The summed E-state index contributed by atoms with van der Waals surface area (Å²) in [7, 11) is 0. The van der Waals surface area contributed by atoms with Crippen LogP contribution in [0.25, 0.3) is 0 Å². The lowest BCUT2D eigenvalue weighted by Crippen LogP contribution is -2.20. The average molecular weight is 349 g/mol. The van der Waals surface area contributed by atoms with Crippen molar-refractivity contribution in [3.63, 3.8) is 0 Å². The highest BCUT2D eigenvalue weighted by molar-refractivity contribution is 5.76. The topological polar surface area (TPSA) is 48.4 Å². The molecule has 1 fully saturated rings. The van der Waals surface area contributed by atoms with Crippen molar-refractivity contribution in [1.29, 1.82) is 0 Å². The van der Waals surface area contributed by atoms with Crippen molar-refractivity contribution in [1.82, 2.24) is 4.98 Å². The van der Waals surface area contributed by atoms with Crippen molar-refractivity contribution in [2.24, 2.45) is 5.92 Å². The number of esters is 1. The molecule has 3 atom stereocenters. The minimum absolute atomic E-state index is 0.0568. The number of hydrogen-bond donors (Lipinski definition) is 0. The zero-order valence-corrected chi connectivity index (χ0v) is 13.0. The van der Waals surface area contributed by atoms with Gasteiger partial charge in [-0.15, -0.1) is 0 Å². The van der Waals surface area contributed by atoms with Crippen molar-refractivity contribution in [3.05, 3.63) is 53.9 Å². The van der Waals surface area contributed by atoms with E-state index in [2.05, 4.69) is 4.98 Å². The first kappa shape index (κ1) is 15.9. The van der Waals surface area contributed by atoms with Crippen molar-refractivity contribution >= 4 is 5.97 Å². The smallest absolute Gasteiger partial charge is 0.416 e. The first-order valence-corrected chi connectivity index (χ1v) is 7.92. The summed E-state index contributed by atoms with van der Waals surface area (Å²) < 4.78 is 48.7. The molecule has 0 bridgehead atoms. The lowest BCUT2D eigenvalue weighted by atomic mass is 10.0. The Morgan fingerprint density at radius 3 is 2.64 bits per heavy atom. The van der Waals surface area contributed by atoms with Crippen LogP contribution in [0.5, 0.6) is 11.5 Å². The van der Waals surface area contributed by atoms with Gasteiger partial charge in [-0.3, -0.25) is 9.78 Å². The summed E-state index contributed by atoms with van der Waals surface area (Å²) in [6.07, 6.45) is -1.74. The van der Waals surface area contributed by atoms with E-state index in [1.807, 2.05) is 6.07 Å². The molecule has 0 radical (unpaired) electrons. The second kappa shape index (κ2) is 5.75. The molecule has 0 saturated heterocycles. The van der Waals surface area contributed by atoms with E-state index in [1.54, 1.807) is 12.3 Å². The van der Waals surface area contributed by atoms with E-state index >= 15 is 0 Å². The molecule has 1 aromatic heterocycles. The van der Waals surface area contributed by atoms with Gasteiger partial charge in [0.25, 0.3) is 0 Å². The van der Waals surface area contributed by atoms with Gasteiger partial charge < -0.3 is 9.47 Å². The molecule has 3 unspecified atom stereocenters. The fraction of sp³-hybridized carbons (Fsp3) is 0.333. The Morgan fingerprint density at radius 2 is 1.92 bits per heavy atom. The number of pyridine rings is 1. The molecule has 7 heteroatoms. The van der Waals surface area contributed by atoms with Crippen LogP contribution in [0.2, 0.25) is 0 Å². The van der Waals surface area contributed by atoms with Gasteiger partial charge in [-0.2, -0.15) is 13.2 Å². The van der Waals surface area contributed by atoms with E-state index in [4.69, 9.17) is 9.47 Å². The summed E-state index contributed by atoms with van der Waals surface area (Å²) in [6.45, 7) is 0. The van der Waals surface area contributed by atoms with Crippen LogP contribution in [-0.2, 0) is 11.0 Å². The first-order valence-electron chi connectivity index (χ1n) is 7.92. The number of alkyl halides is 3. The Hall–Kier alpha value is -2.57. The van der Waals surface area contributed by atoms with Crippen molar-refractivity contribution in [3.8, 4) is 11.5 Å². The fourth-order valence-corrected chi connectivity index (χ4v) is 3.47. The van der Waals surface area contributed by atoms with Crippen LogP contribution >= 0.6 is 0 Å². The molecule has 0 spiro atoms. The van der Waals surface area contributed by atoms with Crippen molar-refractivity contribution in [2.45, 2.75) is 31.0 Å². The summed E-state index contributed by atoms with van der Waals surface area (Å²) in [5, 5.41) is 0. The van der Waals surface area contributed by atoms with Gasteiger partial charge in [-0.05, 0) is 49.2 Å². The van der Waals surface area contributed by atoms with Crippen LogP contribution in [0.3, 0.4) is 0 Å². The Kier molecular flexibility index (Phi) is 3.67. The van der Waals surface area contributed by atoms with Crippen LogP contribution < -0.4 is 9.47 Å². The van der Waals surface area contributed by atoms with Crippen LogP contribution in [0.1, 0.15) is 30.0 Å². The first-order chi connectivity index (χ1) is 11.9. The number of ether oxygens (including phenoxy) is 2. The molecule has 130 valence electrons. The Balaban J connectivity index is 1.42. The molecule has 0 N–H and O–H groups in total. The highest BCUT2D eigenvalue weighted by atomic mass is 19.4. The van der Waals surface area contributed by atoms with Gasteiger partial charge >= 0.3 is 12.1 Å². The van der Waals surface area contributed by atoms with E-state index in [0.29, 0.717) is 12.8 Å². The predicted octanol–water partition coefficient (Wildman–Crippen LogP) is 3.96. The van der Waals surface area contributed by atoms with Gasteiger partial charge in [0.1, 0.15) is 17.6 Å². The fourth-order valence-electron chi connectivity index (χ4n) is 3.47. The SMILES string of the molecule is O=C(Oc1ccc(C(F)(F)F)cc1)C1CC2Oc3cccnc3C2C1. The molecular formula is C18H14F3NO3. The third-order valence-corrected chi connectivity index (χ3v) is 4.67. The molecule has 25 heavy (non-hydrogen) atoms. The molecule has 0 amide bonds. The summed E-state index contributed by atoms with van der Waals surface area (Å²) in [6, 6.07) is 7.77. The minimum Gasteiger partial charge on any atom is -0.488 e. The third kappa shape index (κ3) is 2.94. The lowest BCUT2D eigenvalue weighted by Gasteiger charge is -2.12. The zero-order chi connectivity index (χ0) is 17.6. The van der Waals surface area contributed by atoms with Gasteiger partial charge in [0.2, 0.25) is 0 Å². The predicted molar refractivity (Wildman–Crippen MR) is 81.2 cm³/mol. The summed E-state index contributed by atoms with van der Waals surface area (Å²) in [5.41, 5.74) is 0.0797. The molecule has 2 heterocycles. The largest absolute Gasteiger partial charge is 0.488 e. The van der Waals surface area contributed by atoms with Crippen LogP contribution in [0.4, 0.5) is 13.2 Å². The molecule has 4 rings (SSSR count). The summed E-state index contributed by atoms with van der Waals surface area (Å²) in [4.78, 5) is 16.6. The van der Waals surface area contributed by atoms with Gasteiger partial charge in [0.05, 0.1) is 17.2 Å². The van der Waals surface area contributed by atoms with Gasteiger partial charge in [0.15, 0.2) is 0 Å². The maximum Gasteiger partial charge on any atom is 0.416 e. The molecule has 1 saturated carbocycles. The van der Waals surface area contributed by atoms with Gasteiger partial charge in [-0.1, -0.05) is 0 Å². The molecule has 1 aromatic carbocycles. The van der Waals surface area contributed by atoms with Crippen LogP contribution in [0.15, 0.2) is 42.6 Å². The maximum atomic E-state index is 12.6. The third-order valence-electron chi connectivity index (χ3n) is 4.67. The standard InChI is InChI=1S/C18H14F3NO3/c19-18(20,21)11-3-5-12(6-4-11)24-17(23)10-8-13-15(9-10)25-14-2-1-7-22-16(13)14/h1-7,10,13,15H,8-9H2. The Bertz CT molecular complexity index is 804. The van der Waals surface area contributed by atoms with E-state index < -0.39 is 17.7 Å². The average Bonchev–Trinajstić information content (AvgIpc) is 3.12. The quantitative estimate of drug-likeness (QED) is 0.608. The maximum absolute atomic E-state index is 12.6. The number of nitrogens with zero attached hydrogens (tertiary/aromatic N) is 1. The molecule has 2 aliphatic rings. The van der Waals surface area contributed by atoms with Crippen LogP contribution in [0, 0.1) is 5.92 Å². The van der Waals surface area contributed by atoms with Gasteiger partial charge in [-0.25, -0.2) is 0 Å². The Morgan fingerprint density at radius 1 is 1.16 bits per heavy atom. The monoisotopic (exact) mass is 349 g/mol. The van der Waals surface area contributed by atoms with E-state index in [-0.39, 0.29) is 23.7 Å². The number of benzene rings is 1. The number of fused-ring (bicyclic) bond motifs is 3. The molecule has 4 nitrogen and oxygen atoms in total. The highest BCUT2D eigenvalue weighted by Gasteiger charge is 2.46. The normalized spacial score (nSPS) is 24.4. The van der Waals surface area contributed by atoms with Crippen LogP contribution in [-0.4, -0.2) is 17.1 Å². The molecular weight excluding hydrogens is 335 g/mol. The lowest BCUT2D eigenvalue weighted by molar-refractivity contribution is -0.138. The molecule has 1 aliphatic heterocycles. The minimum atomic E-state index is -4.41. The number of aromatic nitrogens is 1. The second-order valence-corrected chi connectivity index (χ2v) is 6.26. The van der Waals surface area contributed by atoms with Gasteiger partial charge in [0, 0.05) is 12.1 Å². The van der Waals surface area contributed by atoms with Crippen molar-refractivity contribution < 1.29 is 27.4 Å². The second-order valence-electron chi connectivity index (χ2n) is 6.26. The summed E-state index contributed by atoms with van der Waals surface area (Å²) in [5.74, 6) is 0.116. The highest BCUT2D eigenvalue weighted by Crippen LogP contribution is 2.48. The number of halogens is 3.